The van der Waals surface area contributed by atoms with Gasteiger partial charge in [-0.2, -0.15) is 0 Å². The summed E-state index contributed by atoms with van der Waals surface area (Å²) in [7, 11) is 0. The van der Waals surface area contributed by atoms with Crippen molar-refractivity contribution in [2.24, 2.45) is 0 Å². The summed E-state index contributed by atoms with van der Waals surface area (Å²) < 4.78 is 7.76. The van der Waals surface area contributed by atoms with Crippen molar-refractivity contribution in [3.05, 3.63) is 35.3 Å². The number of rotatable bonds is 2. The van der Waals surface area contributed by atoms with Crippen LogP contribution in [-0.4, -0.2) is 38.6 Å². The number of likely N-dealkylation sites (tertiary alicyclic amines) is 1. The first kappa shape index (κ1) is 21.3. The SMILES string of the molecule is CC.Cc1cccn2c(C)c(CC3CCCCN3C(=O)OC(C)(C)C)nc12. The predicted octanol–water partition coefficient (Wildman–Crippen LogP) is 5.31. The van der Waals surface area contributed by atoms with Crippen molar-refractivity contribution in [2.75, 3.05) is 6.54 Å². The number of carbonyl (C=O) groups excluding carboxylic acids is 1. The van der Waals surface area contributed by atoms with Crippen LogP contribution in [0.1, 0.15) is 70.8 Å². The molecule has 0 spiro atoms. The molecular weight excluding hydrogens is 338 g/mol. The molecule has 3 rings (SSSR count). The van der Waals surface area contributed by atoms with Gasteiger partial charge in [0.25, 0.3) is 0 Å². The van der Waals surface area contributed by atoms with Gasteiger partial charge in [-0.05, 0) is 65.5 Å². The standard InChI is InChI=1S/C20H29N3O2.C2H6/c1-14-9-8-12-22-15(2)17(21-18(14)22)13-16-10-6-7-11-23(16)19(24)25-20(3,4)5;1-2/h8-9,12,16H,6-7,10-11,13H2,1-5H3;1-2H3. The Hall–Kier alpha value is -2.04. The fourth-order valence-electron chi connectivity index (χ4n) is 3.56. The molecule has 0 aliphatic carbocycles. The third-order valence-electron chi connectivity index (χ3n) is 4.87. The second kappa shape index (κ2) is 8.77. The van der Waals surface area contributed by atoms with Gasteiger partial charge in [0.15, 0.2) is 0 Å². The Morgan fingerprint density at radius 1 is 1.26 bits per heavy atom. The van der Waals surface area contributed by atoms with Gasteiger partial charge in [0.05, 0.1) is 5.69 Å². The maximum Gasteiger partial charge on any atom is 0.410 e. The molecule has 0 bridgehead atoms. The highest BCUT2D eigenvalue weighted by Gasteiger charge is 2.31. The average molecular weight is 374 g/mol. The highest BCUT2D eigenvalue weighted by molar-refractivity contribution is 5.68. The molecule has 1 saturated heterocycles. The zero-order valence-corrected chi connectivity index (χ0v) is 18.0. The molecule has 0 N–H and O–H groups in total. The van der Waals surface area contributed by atoms with Gasteiger partial charge in [-0.25, -0.2) is 9.78 Å². The van der Waals surface area contributed by atoms with Gasteiger partial charge >= 0.3 is 6.09 Å². The quantitative estimate of drug-likeness (QED) is 0.717. The van der Waals surface area contributed by atoms with E-state index in [0.717, 1.165) is 49.3 Å². The maximum absolute atomic E-state index is 12.6. The van der Waals surface area contributed by atoms with Gasteiger partial charge in [0, 0.05) is 30.9 Å². The van der Waals surface area contributed by atoms with Crippen LogP contribution in [0.4, 0.5) is 4.79 Å². The Bertz CT molecular complexity index is 774. The molecule has 2 aromatic heterocycles. The number of pyridine rings is 1. The number of aromatic nitrogens is 2. The van der Waals surface area contributed by atoms with Gasteiger partial charge in [0.1, 0.15) is 11.2 Å². The first-order valence-electron chi connectivity index (χ1n) is 10.2. The molecule has 1 fully saturated rings. The lowest BCUT2D eigenvalue weighted by Crippen LogP contribution is -2.47. The Kier molecular flexibility index (Phi) is 6.90. The molecule has 0 radical (unpaired) electrons. The topological polar surface area (TPSA) is 46.8 Å². The van der Waals surface area contributed by atoms with Crippen LogP contribution in [0.15, 0.2) is 18.3 Å². The molecule has 1 amide bonds. The van der Waals surface area contributed by atoms with Gasteiger partial charge in [-0.3, -0.25) is 0 Å². The summed E-state index contributed by atoms with van der Waals surface area (Å²) >= 11 is 0. The van der Waals surface area contributed by atoms with E-state index in [9.17, 15) is 4.79 Å². The lowest BCUT2D eigenvalue weighted by molar-refractivity contribution is 0.00984. The van der Waals surface area contributed by atoms with E-state index in [4.69, 9.17) is 9.72 Å². The van der Waals surface area contributed by atoms with Crippen LogP contribution in [-0.2, 0) is 11.2 Å². The van der Waals surface area contributed by atoms with Crippen LogP contribution in [0.2, 0.25) is 0 Å². The van der Waals surface area contributed by atoms with Crippen molar-refractivity contribution in [1.82, 2.24) is 14.3 Å². The van der Waals surface area contributed by atoms with E-state index in [-0.39, 0.29) is 12.1 Å². The molecule has 150 valence electrons. The number of aryl methyl sites for hydroxylation is 2. The molecule has 5 heteroatoms. The van der Waals surface area contributed by atoms with Crippen molar-refractivity contribution in [3.8, 4) is 0 Å². The fraction of sp³-hybridized carbons (Fsp3) is 0.636. The number of piperidine rings is 1. The summed E-state index contributed by atoms with van der Waals surface area (Å²) in [6, 6.07) is 4.29. The van der Waals surface area contributed by atoms with E-state index in [1.807, 2.05) is 39.5 Å². The fourth-order valence-corrected chi connectivity index (χ4v) is 3.56. The molecule has 5 nitrogen and oxygen atoms in total. The molecule has 2 aromatic rings. The van der Waals surface area contributed by atoms with Crippen molar-refractivity contribution < 1.29 is 9.53 Å². The van der Waals surface area contributed by atoms with Gasteiger partial charge in [-0.1, -0.05) is 19.9 Å². The van der Waals surface area contributed by atoms with E-state index >= 15 is 0 Å². The minimum atomic E-state index is -0.463. The summed E-state index contributed by atoms with van der Waals surface area (Å²) in [4.78, 5) is 19.4. The number of nitrogens with zero attached hydrogens (tertiary/aromatic N) is 3. The van der Waals surface area contributed by atoms with Crippen molar-refractivity contribution in [3.63, 3.8) is 0 Å². The van der Waals surface area contributed by atoms with Crippen molar-refractivity contribution in [1.29, 1.82) is 0 Å². The summed E-state index contributed by atoms with van der Waals surface area (Å²) in [5, 5.41) is 0. The van der Waals surface area contributed by atoms with Crippen LogP contribution in [0.3, 0.4) is 0 Å². The molecule has 1 atom stereocenters. The van der Waals surface area contributed by atoms with E-state index in [1.165, 1.54) is 5.56 Å². The molecule has 1 aliphatic rings. The second-order valence-corrected chi connectivity index (χ2v) is 8.06. The lowest BCUT2D eigenvalue weighted by atomic mass is 9.98. The van der Waals surface area contributed by atoms with E-state index < -0.39 is 5.60 Å². The minimum Gasteiger partial charge on any atom is -0.444 e. The number of carbonyl (C=O) groups is 1. The van der Waals surface area contributed by atoms with Crippen LogP contribution in [0, 0.1) is 13.8 Å². The molecule has 0 saturated carbocycles. The van der Waals surface area contributed by atoms with Crippen LogP contribution >= 0.6 is 0 Å². The van der Waals surface area contributed by atoms with E-state index in [2.05, 4.69) is 36.6 Å². The van der Waals surface area contributed by atoms with E-state index in [1.54, 1.807) is 0 Å². The van der Waals surface area contributed by atoms with Crippen molar-refractivity contribution >= 4 is 11.7 Å². The molecule has 1 aliphatic heterocycles. The Labute approximate surface area is 163 Å². The third-order valence-corrected chi connectivity index (χ3v) is 4.87. The molecule has 0 aromatic carbocycles. The monoisotopic (exact) mass is 373 g/mol. The number of hydrogen-bond acceptors (Lipinski definition) is 3. The van der Waals surface area contributed by atoms with Gasteiger partial charge in [-0.15, -0.1) is 0 Å². The molecule has 27 heavy (non-hydrogen) atoms. The Morgan fingerprint density at radius 2 is 1.96 bits per heavy atom. The summed E-state index contributed by atoms with van der Waals surface area (Å²) in [6.45, 7) is 14.7. The maximum atomic E-state index is 12.6. The zero-order chi connectivity index (χ0) is 20.2. The smallest absolute Gasteiger partial charge is 0.410 e. The Balaban J connectivity index is 0.00000126. The molecule has 1 unspecified atom stereocenters. The van der Waals surface area contributed by atoms with Gasteiger partial charge in [0.2, 0.25) is 0 Å². The number of hydrogen-bond donors (Lipinski definition) is 0. The lowest BCUT2D eigenvalue weighted by Gasteiger charge is -2.36. The third kappa shape index (κ3) is 5.02. The largest absolute Gasteiger partial charge is 0.444 e. The number of fused-ring (bicyclic) bond motifs is 1. The van der Waals surface area contributed by atoms with Gasteiger partial charge < -0.3 is 14.0 Å². The Morgan fingerprint density at radius 3 is 2.59 bits per heavy atom. The van der Waals surface area contributed by atoms with Crippen LogP contribution in [0.5, 0.6) is 0 Å². The summed E-state index contributed by atoms with van der Waals surface area (Å²) in [5.41, 5.74) is 3.96. The summed E-state index contributed by atoms with van der Waals surface area (Å²) in [6.07, 6.45) is 5.84. The number of amides is 1. The second-order valence-electron chi connectivity index (χ2n) is 8.06. The predicted molar refractivity (Wildman–Crippen MR) is 110 cm³/mol. The van der Waals surface area contributed by atoms with Crippen LogP contribution in [0.25, 0.3) is 5.65 Å². The highest BCUT2D eigenvalue weighted by Crippen LogP contribution is 2.25. The average Bonchev–Trinajstić information content (AvgIpc) is 2.93. The molecular formula is C22H35N3O2. The van der Waals surface area contributed by atoms with Crippen LogP contribution < -0.4 is 0 Å². The number of ether oxygens (including phenoxy) is 1. The summed E-state index contributed by atoms with van der Waals surface area (Å²) in [5.74, 6) is 0. The zero-order valence-electron chi connectivity index (χ0n) is 18.0. The van der Waals surface area contributed by atoms with Crippen molar-refractivity contribution in [2.45, 2.75) is 85.8 Å². The normalized spacial score (nSPS) is 17.4. The minimum absolute atomic E-state index is 0.160. The first-order chi connectivity index (χ1) is 12.8. The highest BCUT2D eigenvalue weighted by atomic mass is 16.6. The first-order valence-corrected chi connectivity index (χ1v) is 10.2. The molecule has 3 heterocycles. The van der Waals surface area contributed by atoms with E-state index in [0.29, 0.717) is 0 Å². The number of imidazole rings is 1.